The van der Waals surface area contributed by atoms with Gasteiger partial charge in [0, 0.05) is 16.7 Å². The van der Waals surface area contributed by atoms with Gasteiger partial charge in [-0.15, -0.1) is 11.8 Å². The van der Waals surface area contributed by atoms with Crippen LogP contribution < -0.4 is 4.90 Å². The Hall–Kier alpha value is -2.02. The van der Waals surface area contributed by atoms with E-state index in [4.69, 9.17) is 0 Å². The van der Waals surface area contributed by atoms with Gasteiger partial charge in [-0.1, -0.05) is 19.1 Å². The Balaban J connectivity index is 2.08. The summed E-state index contributed by atoms with van der Waals surface area (Å²) in [4.78, 5) is 14.8. The molecule has 2 nitrogen and oxygen atoms in total. The van der Waals surface area contributed by atoms with Gasteiger partial charge in [-0.25, -0.2) is 17.6 Å². The Morgan fingerprint density at radius 1 is 1.12 bits per heavy atom. The first-order valence-electron chi connectivity index (χ1n) is 7.30. The lowest BCUT2D eigenvalue weighted by atomic mass is 10.1. The minimum absolute atomic E-state index is 0.218. The second kappa shape index (κ2) is 6.47. The first kappa shape index (κ1) is 16.8. The van der Waals surface area contributed by atoms with Gasteiger partial charge < -0.3 is 4.90 Å². The molecule has 0 radical (unpaired) electrons. The Morgan fingerprint density at radius 2 is 1.83 bits per heavy atom. The number of hydrogen-bond acceptors (Lipinski definition) is 2. The van der Waals surface area contributed by atoms with Crippen LogP contribution >= 0.6 is 11.8 Å². The van der Waals surface area contributed by atoms with Gasteiger partial charge in [-0.2, -0.15) is 0 Å². The Bertz CT molecular complexity index is 811. The van der Waals surface area contributed by atoms with Crippen molar-refractivity contribution in [1.82, 2.24) is 0 Å². The van der Waals surface area contributed by atoms with Gasteiger partial charge in [0.25, 0.3) is 5.91 Å². The molecule has 1 aliphatic heterocycles. The zero-order valence-electron chi connectivity index (χ0n) is 12.7. The lowest BCUT2D eigenvalue weighted by molar-refractivity contribution is 0.0980. The molecule has 1 unspecified atom stereocenters. The first-order valence-corrected chi connectivity index (χ1v) is 8.18. The van der Waals surface area contributed by atoms with Crippen molar-refractivity contribution in [1.29, 1.82) is 0 Å². The summed E-state index contributed by atoms with van der Waals surface area (Å²) in [5, 5.41) is 0.218. The summed E-state index contributed by atoms with van der Waals surface area (Å²) < 4.78 is 54.0. The highest BCUT2D eigenvalue weighted by molar-refractivity contribution is 8.00. The van der Waals surface area contributed by atoms with Crippen LogP contribution in [0.25, 0.3) is 0 Å². The van der Waals surface area contributed by atoms with Crippen molar-refractivity contribution in [3.63, 3.8) is 0 Å². The third kappa shape index (κ3) is 2.88. The summed E-state index contributed by atoms with van der Waals surface area (Å²) in [5.41, 5.74) is -0.276. The number of halogens is 4. The number of carbonyl (C=O) groups is 1. The topological polar surface area (TPSA) is 20.3 Å². The molecule has 0 saturated heterocycles. The average molecular weight is 355 g/mol. The number of rotatable bonds is 1. The molecule has 1 aliphatic rings. The monoisotopic (exact) mass is 355 g/mol. The number of anilines is 1. The van der Waals surface area contributed by atoms with Crippen LogP contribution in [0.5, 0.6) is 0 Å². The number of amides is 1. The third-order valence-electron chi connectivity index (χ3n) is 3.82. The van der Waals surface area contributed by atoms with Gasteiger partial charge in [0.2, 0.25) is 0 Å². The number of para-hydroxylation sites is 1. The number of hydrogen-bond donors (Lipinski definition) is 0. The van der Waals surface area contributed by atoms with Crippen molar-refractivity contribution in [2.75, 3.05) is 11.4 Å². The summed E-state index contributed by atoms with van der Waals surface area (Å²) in [6.07, 6.45) is 0.624. The molecule has 1 amide bonds. The quantitative estimate of drug-likeness (QED) is 0.417. The van der Waals surface area contributed by atoms with E-state index in [0.29, 0.717) is 18.2 Å². The lowest BCUT2D eigenvalue weighted by Gasteiger charge is -2.23. The van der Waals surface area contributed by atoms with E-state index in [1.54, 1.807) is 23.9 Å². The highest BCUT2D eigenvalue weighted by atomic mass is 32.2. The van der Waals surface area contributed by atoms with Gasteiger partial charge >= 0.3 is 0 Å². The summed E-state index contributed by atoms with van der Waals surface area (Å²) in [5.74, 6) is -8.08. The maximum atomic E-state index is 14.0. The van der Waals surface area contributed by atoms with Crippen molar-refractivity contribution in [3.05, 3.63) is 59.2 Å². The molecule has 2 aromatic carbocycles. The Labute approximate surface area is 140 Å². The number of carbonyl (C=O) groups excluding carboxylic acids is 1. The second-order valence-electron chi connectivity index (χ2n) is 5.49. The van der Waals surface area contributed by atoms with Crippen LogP contribution in [0.2, 0.25) is 0 Å². The van der Waals surface area contributed by atoms with Crippen molar-refractivity contribution in [3.8, 4) is 0 Å². The molecule has 7 heteroatoms. The normalized spacial score (nSPS) is 17.4. The van der Waals surface area contributed by atoms with Gasteiger partial charge in [0.05, 0.1) is 11.3 Å². The summed E-state index contributed by atoms with van der Waals surface area (Å²) in [6, 6.07) is 7.44. The van der Waals surface area contributed by atoms with Crippen molar-refractivity contribution >= 4 is 23.4 Å². The molecule has 3 rings (SSSR count). The molecular formula is C17H13F4NOS. The van der Waals surface area contributed by atoms with Crippen LogP contribution in [0, 0.1) is 23.3 Å². The predicted molar refractivity (Wildman–Crippen MR) is 84.3 cm³/mol. The fourth-order valence-corrected chi connectivity index (χ4v) is 3.68. The number of thioether (sulfide) groups is 1. The van der Waals surface area contributed by atoms with E-state index >= 15 is 0 Å². The number of nitrogens with zero attached hydrogens (tertiary/aromatic N) is 1. The molecule has 0 N–H and O–H groups in total. The Kier molecular flexibility index (Phi) is 4.54. The Morgan fingerprint density at radius 3 is 2.58 bits per heavy atom. The zero-order chi connectivity index (χ0) is 17.4. The minimum Gasteiger partial charge on any atom is -0.307 e. The van der Waals surface area contributed by atoms with E-state index in [1.807, 2.05) is 19.1 Å². The van der Waals surface area contributed by atoms with Gasteiger partial charge in [0.15, 0.2) is 23.3 Å². The largest absolute Gasteiger partial charge is 0.307 e. The first-order chi connectivity index (χ1) is 11.4. The molecule has 0 fully saturated rings. The lowest BCUT2D eigenvalue weighted by Crippen LogP contribution is -2.33. The van der Waals surface area contributed by atoms with E-state index in [-0.39, 0.29) is 11.8 Å². The van der Waals surface area contributed by atoms with Gasteiger partial charge in [-0.3, -0.25) is 4.79 Å². The summed E-state index contributed by atoms with van der Waals surface area (Å²) in [6.45, 7) is 2.26. The predicted octanol–water partition coefficient (Wildman–Crippen LogP) is 4.77. The molecule has 0 spiro atoms. The fraction of sp³-hybridized carbons (Fsp3) is 0.235. The minimum atomic E-state index is -1.98. The second-order valence-corrected chi connectivity index (χ2v) is 6.97. The zero-order valence-corrected chi connectivity index (χ0v) is 13.5. The van der Waals surface area contributed by atoms with Crippen LogP contribution in [0.4, 0.5) is 23.2 Å². The average Bonchev–Trinajstić information content (AvgIpc) is 2.74. The van der Waals surface area contributed by atoms with E-state index in [9.17, 15) is 22.4 Å². The fourth-order valence-electron chi connectivity index (χ4n) is 2.57. The van der Waals surface area contributed by atoms with Crippen LogP contribution in [-0.2, 0) is 0 Å². The molecule has 2 aromatic rings. The molecule has 24 heavy (non-hydrogen) atoms. The molecule has 0 aliphatic carbocycles. The van der Waals surface area contributed by atoms with Crippen molar-refractivity contribution in [2.24, 2.45) is 0 Å². The maximum Gasteiger partial charge on any atom is 0.261 e. The van der Waals surface area contributed by atoms with Crippen LogP contribution in [0.1, 0.15) is 23.7 Å². The molecule has 1 atom stereocenters. The smallest absolute Gasteiger partial charge is 0.261 e. The van der Waals surface area contributed by atoms with Crippen LogP contribution in [0.3, 0.4) is 0 Å². The third-order valence-corrected chi connectivity index (χ3v) is 5.06. The molecule has 126 valence electrons. The van der Waals surface area contributed by atoms with E-state index in [1.165, 1.54) is 4.90 Å². The highest BCUT2D eigenvalue weighted by Gasteiger charge is 2.29. The molecular weight excluding hydrogens is 342 g/mol. The number of benzene rings is 2. The maximum absolute atomic E-state index is 14.0. The van der Waals surface area contributed by atoms with E-state index < -0.39 is 34.7 Å². The van der Waals surface area contributed by atoms with Gasteiger partial charge in [0.1, 0.15) is 0 Å². The van der Waals surface area contributed by atoms with Crippen LogP contribution in [0.15, 0.2) is 35.2 Å². The van der Waals surface area contributed by atoms with E-state index in [2.05, 4.69) is 0 Å². The SMILES string of the molecule is CC1CCN(C(=O)c2cc(F)c(F)c(F)c2F)c2ccccc2S1. The highest BCUT2D eigenvalue weighted by Crippen LogP contribution is 2.38. The molecule has 0 saturated carbocycles. The summed E-state index contributed by atoms with van der Waals surface area (Å²) in [7, 11) is 0. The standard InChI is InChI=1S/C17H13F4NOS/c1-9-6-7-22(12-4-2-3-5-13(12)24-9)17(23)10-8-11(18)15(20)16(21)14(10)19/h2-5,8-9H,6-7H2,1H3. The van der Waals surface area contributed by atoms with E-state index in [0.717, 1.165) is 4.90 Å². The number of fused-ring (bicyclic) bond motifs is 1. The summed E-state index contributed by atoms with van der Waals surface area (Å²) >= 11 is 1.57. The molecule has 1 heterocycles. The molecule has 0 bridgehead atoms. The van der Waals surface area contributed by atoms with Crippen LogP contribution in [-0.4, -0.2) is 17.7 Å². The van der Waals surface area contributed by atoms with Crippen molar-refractivity contribution in [2.45, 2.75) is 23.5 Å². The molecule has 0 aromatic heterocycles. The van der Waals surface area contributed by atoms with Crippen molar-refractivity contribution < 1.29 is 22.4 Å². The van der Waals surface area contributed by atoms with Gasteiger partial charge in [-0.05, 0) is 24.6 Å².